The van der Waals surface area contributed by atoms with Crippen LogP contribution in [-0.2, 0) is 9.59 Å². The largest absolute Gasteiger partial charge is 0.352 e. The maximum atomic E-state index is 12.8. The first-order valence-electron chi connectivity index (χ1n) is 8.12. The Bertz CT molecular complexity index is 471. The lowest BCUT2D eigenvalue weighted by Gasteiger charge is -2.26. The number of benzene rings is 1. The van der Waals surface area contributed by atoms with Crippen LogP contribution in [0, 0.1) is 0 Å². The lowest BCUT2D eigenvalue weighted by molar-refractivity contribution is -0.137. The van der Waals surface area contributed by atoms with Gasteiger partial charge in [-0.05, 0) is 32.8 Å². The summed E-state index contributed by atoms with van der Waals surface area (Å²) in [4.78, 5) is 26.4. The van der Waals surface area contributed by atoms with Gasteiger partial charge in [-0.2, -0.15) is 0 Å². The molecule has 1 N–H and O–H groups in total. The first-order valence-corrected chi connectivity index (χ1v) is 8.12. The van der Waals surface area contributed by atoms with Gasteiger partial charge in [0.1, 0.15) is 0 Å². The molecule has 2 amide bonds. The smallest absolute Gasteiger partial charge is 0.239 e. The van der Waals surface area contributed by atoms with E-state index in [1.807, 2.05) is 51.1 Å². The van der Waals surface area contributed by atoms with Crippen molar-refractivity contribution in [2.24, 2.45) is 0 Å². The highest BCUT2D eigenvalue weighted by Gasteiger charge is 2.25. The minimum Gasteiger partial charge on any atom is -0.352 e. The molecule has 0 bridgehead atoms. The van der Waals surface area contributed by atoms with Gasteiger partial charge in [0.05, 0.1) is 12.5 Å². The van der Waals surface area contributed by atoms with E-state index in [1.54, 1.807) is 4.90 Å². The second-order valence-electron chi connectivity index (χ2n) is 5.83. The van der Waals surface area contributed by atoms with Gasteiger partial charge in [0.2, 0.25) is 11.8 Å². The Hall–Kier alpha value is -1.84. The minimum atomic E-state index is -0.169. The molecular formula is C18H28N2O2. The highest BCUT2D eigenvalue weighted by Crippen LogP contribution is 2.23. The Kier molecular flexibility index (Phi) is 7.64. The molecule has 0 aromatic heterocycles. The van der Waals surface area contributed by atoms with Crippen molar-refractivity contribution in [1.82, 2.24) is 10.2 Å². The molecule has 0 aliphatic rings. The average Bonchev–Trinajstić information content (AvgIpc) is 2.49. The first-order chi connectivity index (χ1) is 10.5. The lowest BCUT2D eigenvalue weighted by Crippen LogP contribution is -2.44. The summed E-state index contributed by atoms with van der Waals surface area (Å²) >= 11 is 0. The van der Waals surface area contributed by atoms with Gasteiger partial charge in [0.25, 0.3) is 0 Å². The van der Waals surface area contributed by atoms with Gasteiger partial charge in [-0.3, -0.25) is 9.59 Å². The SMILES string of the molecule is CCCC(C(=O)N(CC)CC(=O)NC(C)C)c1ccccc1. The van der Waals surface area contributed by atoms with Crippen molar-refractivity contribution in [2.45, 2.75) is 52.5 Å². The Morgan fingerprint density at radius 1 is 1.14 bits per heavy atom. The molecule has 1 aromatic rings. The van der Waals surface area contributed by atoms with Gasteiger partial charge in [-0.1, -0.05) is 43.7 Å². The van der Waals surface area contributed by atoms with Crippen molar-refractivity contribution < 1.29 is 9.59 Å². The van der Waals surface area contributed by atoms with Crippen LogP contribution in [0.2, 0.25) is 0 Å². The number of hydrogen-bond acceptors (Lipinski definition) is 2. The highest BCUT2D eigenvalue weighted by atomic mass is 16.2. The van der Waals surface area contributed by atoms with E-state index < -0.39 is 0 Å². The van der Waals surface area contributed by atoms with Crippen LogP contribution in [-0.4, -0.2) is 35.8 Å². The standard InChI is InChI=1S/C18H28N2O2/c1-5-10-16(15-11-8-7-9-12-15)18(22)20(6-2)13-17(21)19-14(3)4/h7-9,11-12,14,16H,5-6,10,13H2,1-4H3,(H,19,21). The summed E-state index contributed by atoms with van der Waals surface area (Å²) in [5.74, 6) is -0.235. The number of carbonyl (C=O) groups excluding carboxylic acids is 2. The summed E-state index contributed by atoms with van der Waals surface area (Å²) in [6.07, 6.45) is 1.73. The number of carbonyl (C=O) groups is 2. The Morgan fingerprint density at radius 2 is 1.77 bits per heavy atom. The van der Waals surface area contributed by atoms with Gasteiger partial charge in [0, 0.05) is 12.6 Å². The molecule has 22 heavy (non-hydrogen) atoms. The molecular weight excluding hydrogens is 276 g/mol. The van der Waals surface area contributed by atoms with E-state index in [2.05, 4.69) is 12.2 Å². The predicted molar refractivity (Wildman–Crippen MR) is 89.6 cm³/mol. The van der Waals surface area contributed by atoms with Crippen molar-refractivity contribution >= 4 is 11.8 Å². The summed E-state index contributed by atoms with van der Waals surface area (Å²) in [6.45, 7) is 8.48. The quantitative estimate of drug-likeness (QED) is 0.803. The van der Waals surface area contributed by atoms with E-state index >= 15 is 0 Å². The zero-order valence-corrected chi connectivity index (χ0v) is 14.1. The number of likely N-dealkylation sites (N-methyl/N-ethyl adjacent to an activating group) is 1. The van der Waals surface area contributed by atoms with Gasteiger partial charge < -0.3 is 10.2 Å². The Labute approximate surface area is 133 Å². The van der Waals surface area contributed by atoms with E-state index in [9.17, 15) is 9.59 Å². The Morgan fingerprint density at radius 3 is 2.27 bits per heavy atom. The summed E-state index contributed by atoms with van der Waals surface area (Å²) in [5, 5.41) is 2.84. The van der Waals surface area contributed by atoms with E-state index in [0.29, 0.717) is 6.54 Å². The monoisotopic (exact) mass is 304 g/mol. The normalized spacial score (nSPS) is 12.0. The summed E-state index contributed by atoms with van der Waals surface area (Å²) in [7, 11) is 0. The second kappa shape index (κ2) is 9.23. The van der Waals surface area contributed by atoms with Crippen LogP contribution in [0.25, 0.3) is 0 Å². The average molecular weight is 304 g/mol. The molecule has 0 spiro atoms. The molecule has 1 unspecified atom stereocenters. The van der Waals surface area contributed by atoms with Crippen LogP contribution in [0.5, 0.6) is 0 Å². The fourth-order valence-corrected chi connectivity index (χ4v) is 2.51. The van der Waals surface area contributed by atoms with E-state index in [-0.39, 0.29) is 30.3 Å². The molecule has 4 nitrogen and oxygen atoms in total. The third-order valence-corrected chi connectivity index (χ3v) is 3.55. The topological polar surface area (TPSA) is 49.4 Å². The van der Waals surface area contributed by atoms with E-state index in [0.717, 1.165) is 18.4 Å². The van der Waals surface area contributed by atoms with Crippen LogP contribution in [0.1, 0.15) is 52.0 Å². The Balaban J connectivity index is 2.84. The first kappa shape index (κ1) is 18.2. The van der Waals surface area contributed by atoms with Crippen LogP contribution < -0.4 is 5.32 Å². The lowest BCUT2D eigenvalue weighted by atomic mass is 9.93. The molecule has 0 heterocycles. The molecule has 0 aliphatic heterocycles. The van der Waals surface area contributed by atoms with Crippen molar-refractivity contribution in [3.05, 3.63) is 35.9 Å². The van der Waals surface area contributed by atoms with E-state index in [1.165, 1.54) is 0 Å². The maximum absolute atomic E-state index is 12.8. The fourth-order valence-electron chi connectivity index (χ4n) is 2.51. The number of nitrogens with zero attached hydrogens (tertiary/aromatic N) is 1. The van der Waals surface area contributed by atoms with Crippen molar-refractivity contribution in [1.29, 1.82) is 0 Å². The maximum Gasteiger partial charge on any atom is 0.239 e. The number of amides is 2. The zero-order chi connectivity index (χ0) is 16.5. The van der Waals surface area contributed by atoms with Crippen molar-refractivity contribution in [3.8, 4) is 0 Å². The van der Waals surface area contributed by atoms with Crippen molar-refractivity contribution in [3.63, 3.8) is 0 Å². The molecule has 4 heteroatoms. The minimum absolute atomic E-state index is 0.0365. The van der Waals surface area contributed by atoms with Gasteiger partial charge in [0.15, 0.2) is 0 Å². The second-order valence-corrected chi connectivity index (χ2v) is 5.83. The predicted octanol–water partition coefficient (Wildman–Crippen LogP) is 2.94. The van der Waals surface area contributed by atoms with Gasteiger partial charge >= 0.3 is 0 Å². The number of hydrogen-bond donors (Lipinski definition) is 1. The van der Waals surface area contributed by atoms with Crippen molar-refractivity contribution in [2.75, 3.05) is 13.1 Å². The summed E-state index contributed by atoms with van der Waals surface area (Å²) in [5.41, 5.74) is 1.03. The molecule has 0 aliphatic carbocycles. The molecule has 0 saturated heterocycles. The fraction of sp³-hybridized carbons (Fsp3) is 0.556. The van der Waals surface area contributed by atoms with Gasteiger partial charge in [-0.25, -0.2) is 0 Å². The van der Waals surface area contributed by atoms with E-state index in [4.69, 9.17) is 0 Å². The molecule has 0 radical (unpaired) electrons. The molecule has 0 fully saturated rings. The van der Waals surface area contributed by atoms with Crippen LogP contribution in [0.4, 0.5) is 0 Å². The summed E-state index contributed by atoms with van der Waals surface area (Å²) < 4.78 is 0. The highest BCUT2D eigenvalue weighted by molar-refractivity contribution is 5.88. The molecule has 122 valence electrons. The third-order valence-electron chi connectivity index (χ3n) is 3.55. The molecule has 1 aromatic carbocycles. The zero-order valence-electron chi connectivity index (χ0n) is 14.1. The number of rotatable bonds is 8. The summed E-state index contributed by atoms with van der Waals surface area (Å²) in [6, 6.07) is 9.91. The van der Waals surface area contributed by atoms with Crippen LogP contribution in [0.15, 0.2) is 30.3 Å². The number of nitrogens with one attached hydrogen (secondary N) is 1. The van der Waals surface area contributed by atoms with Crippen LogP contribution in [0.3, 0.4) is 0 Å². The van der Waals surface area contributed by atoms with Crippen LogP contribution >= 0.6 is 0 Å². The molecule has 0 saturated carbocycles. The van der Waals surface area contributed by atoms with Gasteiger partial charge in [-0.15, -0.1) is 0 Å². The molecule has 1 rings (SSSR count). The molecule has 1 atom stereocenters. The third kappa shape index (κ3) is 5.51.